The molecule has 0 aliphatic rings. The maximum absolute atomic E-state index is 12.9. The number of nitro groups is 1. The molecule has 1 aromatic carbocycles. The number of nitrogens with two attached hydrogens (primary N) is 1. The molecule has 6 heteroatoms. The van der Waals surface area contributed by atoms with E-state index < -0.39 is 10.7 Å². The minimum absolute atomic E-state index is 0.111. The van der Waals surface area contributed by atoms with Gasteiger partial charge in [-0.3, -0.25) is 10.1 Å². The standard InChI is InChI=1S/C11H16FN3O2/c1-7(2)9(13)6-14-10-4-3-8(12)5-11(10)15(16)17/h3-5,7,9,14H,6,13H2,1-2H3. The number of nitro benzene ring substituents is 1. The van der Waals surface area contributed by atoms with Crippen LogP contribution < -0.4 is 11.1 Å². The fraction of sp³-hybridized carbons (Fsp3) is 0.455. The van der Waals surface area contributed by atoms with E-state index in [0.717, 1.165) is 6.07 Å². The zero-order valence-corrected chi connectivity index (χ0v) is 9.81. The lowest BCUT2D eigenvalue weighted by Crippen LogP contribution is -2.34. The average molecular weight is 241 g/mol. The second kappa shape index (κ2) is 5.58. The minimum Gasteiger partial charge on any atom is -0.378 e. The Morgan fingerprint density at radius 3 is 2.71 bits per heavy atom. The van der Waals surface area contributed by atoms with Crippen LogP contribution in [0.3, 0.4) is 0 Å². The van der Waals surface area contributed by atoms with Gasteiger partial charge in [0.15, 0.2) is 0 Å². The molecular weight excluding hydrogens is 225 g/mol. The fourth-order valence-corrected chi connectivity index (χ4v) is 1.27. The van der Waals surface area contributed by atoms with Crippen molar-refractivity contribution in [2.45, 2.75) is 19.9 Å². The first-order valence-electron chi connectivity index (χ1n) is 5.35. The Labute approximate surface area is 99.0 Å². The molecular formula is C11H16FN3O2. The molecule has 0 radical (unpaired) electrons. The summed E-state index contributed by atoms with van der Waals surface area (Å²) >= 11 is 0. The summed E-state index contributed by atoms with van der Waals surface area (Å²) in [5.74, 6) is -0.364. The van der Waals surface area contributed by atoms with Crippen molar-refractivity contribution in [1.29, 1.82) is 0 Å². The normalized spacial score (nSPS) is 12.5. The second-order valence-corrected chi connectivity index (χ2v) is 4.21. The number of halogens is 1. The van der Waals surface area contributed by atoms with E-state index in [1.54, 1.807) is 0 Å². The van der Waals surface area contributed by atoms with Crippen LogP contribution in [-0.4, -0.2) is 17.5 Å². The van der Waals surface area contributed by atoms with Crippen molar-refractivity contribution in [2.24, 2.45) is 11.7 Å². The molecule has 94 valence electrons. The third-order valence-corrected chi connectivity index (χ3v) is 2.54. The molecule has 0 saturated heterocycles. The van der Waals surface area contributed by atoms with E-state index in [0.29, 0.717) is 6.54 Å². The number of anilines is 1. The summed E-state index contributed by atoms with van der Waals surface area (Å²) in [6.45, 7) is 4.33. The van der Waals surface area contributed by atoms with E-state index in [9.17, 15) is 14.5 Å². The molecule has 5 nitrogen and oxygen atoms in total. The lowest BCUT2D eigenvalue weighted by molar-refractivity contribution is -0.384. The molecule has 0 spiro atoms. The molecule has 1 rings (SSSR count). The van der Waals surface area contributed by atoms with E-state index in [1.807, 2.05) is 13.8 Å². The topological polar surface area (TPSA) is 81.2 Å². The Morgan fingerprint density at radius 1 is 1.53 bits per heavy atom. The maximum atomic E-state index is 12.9. The van der Waals surface area contributed by atoms with Crippen LogP contribution in [-0.2, 0) is 0 Å². The molecule has 3 N–H and O–H groups in total. The summed E-state index contributed by atoms with van der Waals surface area (Å²) < 4.78 is 12.9. The average Bonchev–Trinajstić information content (AvgIpc) is 2.26. The third kappa shape index (κ3) is 3.67. The molecule has 1 unspecified atom stereocenters. The van der Waals surface area contributed by atoms with Crippen molar-refractivity contribution in [3.63, 3.8) is 0 Å². The molecule has 0 aromatic heterocycles. The van der Waals surface area contributed by atoms with Gasteiger partial charge >= 0.3 is 0 Å². The Morgan fingerprint density at radius 2 is 2.18 bits per heavy atom. The van der Waals surface area contributed by atoms with Crippen molar-refractivity contribution in [3.8, 4) is 0 Å². The maximum Gasteiger partial charge on any atom is 0.295 e. The van der Waals surface area contributed by atoms with Gasteiger partial charge in [0, 0.05) is 12.6 Å². The first-order valence-corrected chi connectivity index (χ1v) is 5.35. The lowest BCUT2D eigenvalue weighted by Gasteiger charge is -2.16. The zero-order valence-electron chi connectivity index (χ0n) is 9.81. The quantitative estimate of drug-likeness (QED) is 0.611. The van der Waals surface area contributed by atoms with Crippen LogP contribution in [0.15, 0.2) is 18.2 Å². The van der Waals surface area contributed by atoms with Gasteiger partial charge in [0.05, 0.1) is 11.0 Å². The van der Waals surface area contributed by atoms with Gasteiger partial charge in [-0.05, 0) is 18.1 Å². The second-order valence-electron chi connectivity index (χ2n) is 4.21. The van der Waals surface area contributed by atoms with Crippen LogP contribution in [0.1, 0.15) is 13.8 Å². The number of nitrogens with zero attached hydrogens (tertiary/aromatic N) is 1. The molecule has 17 heavy (non-hydrogen) atoms. The molecule has 1 atom stereocenters. The van der Waals surface area contributed by atoms with Crippen molar-refractivity contribution in [1.82, 2.24) is 0 Å². The van der Waals surface area contributed by atoms with Crippen molar-refractivity contribution in [2.75, 3.05) is 11.9 Å². The largest absolute Gasteiger partial charge is 0.378 e. The van der Waals surface area contributed by atoms with E-state index in [4.69, 9.17) is 5.73 Å². The summed E-state index contributed by atoms with van der Waals surface area (Å²) in [7, 11) is 0. The van der Waals surface area contributed by atoms with Gasteiger partial charge in [0.1, 0.15) is 11.5 Å². The minimum atomic E-state index is -0.629. The van der Waals surface area contributed by atoms with Gasteiger partial charge in [-0.15, -0.1) is 0 Å². The summed E-state index contributed by atoms with van der Waals surface area (Å²) in [5, 5.41) is 13.6. The molecule has 0 fully saturated rings. The summed E-state index contributed by atoms with van der Waals surface area (Å²) in [4.78, 5) is 10.1. The van der Waals surface area contributed by atoms with Gasteiger partial charge < -0.3 is 11.1 Å². The molecule has 1 aromatic rings. The highest BCUT2D eigenvalue weighted by Gasteiger charge is 2.16. The van der Waals surface area contributed by atoms with Gasteiger partial charge in [0.2, 0.25) is 0 Å². The number of nitrogens with one attached hydrogen (secondary N) is 1. The van der Waals surface area contributed by atoms with Gasteiger partial charge in [0.25, 0.3) is 5.69 Å². The van der Waals surface area contributed by atoms with E-state index >= 15 is 0 Å². The molecule has 0 heterocycles. The zero-order chi connectivity index (χ0) is 13.0. The predicted molar refractivity (Wildman–Crippen MR) is 64.4 cm³/mol. The number of benzene rings is 1. The van der Waals surface area contributed by atoms with Crippen LogP contribution >= 0.6 is 0 Å². The molecule has 0 aliphatic heterocycles. The van der Waals surface area contributed by atoms with Gasteiger partial charge in [-0.25, -0.2) is 4.39 Å². The van der Waals surface area contributed by atoms with Gasteiger partial charge in [-0.2, -0.15) is 0 Å². The SMILES string of the molecule is CC(C)C(N)CNc1ccc(F)cc1[N+](=O)[O-]. The van der Waals surface area contributed by atoms with Crippen molar-refractivity contribution in [3.05, 3.63) is 34.1 Å². The van der Waals surface area contributed by atoms with Crippen LogP contribution in [0, 0.1) is 21.8 Å². The van der Waals surface area contributed by atoms with Crippen molar-refractivity contribution < 1.29 is 9.31 Å². The number of rotatable bonds is 5. The first-order chi connectivity index (χ1) is 7.91. The molecule has 0 aliphatic carbocycles. The first kappa shape index (κ1) is 13.4. The summed E-state index contributed by atoms with van der Waals surface area (Å²) in [5.41, 5.74) is 5.82. The van der Waals surface area contributed by atoms with Crippen molar-refractivity contribution >= 4 is 11.4 Å². The smallest absolute Gasteiger partial charge is 0.295 e. The summed E-state index contributed by atoms with van der Waals surface area (Å²) in [6.07, 6.45) is 0. The number of hydrogen-bond acceptors (Lipinski definition) is 4. The van der Waals surface area contributed by atoms with E-state index in [2.05, 4.69) is 5.32 Å². The number of hydrogen-bond donors (Lipinski definition) is 2. The van der Waals surface area contributed by atoms with E-state index in [-0.39, 0.29) is 23.3 Å². The fourth-order valence-electron chi connectivity index (χ4n) is 1.27. The van der Waals surface area contributed by atoms with Crippen LogP contribution in [0.5, 0.6) is 0 Å². The summed E-state index contributed by atoms with van der Waals surface area (Å²) in [6, 6.07) is 3.31. The molecule has 0 amide bonds. The van der Waals surface area contributed by atoms with E-state index in [1.165, 1.54) is 12.1 Å². The Balaban J connectivity index is 2.80. The highest BCUT2D eigenvalue weighted by Crippen LogP contribution is 2.24. The Kier molecular flexibility index (Phi) is 4.39. The molecule has 0 saturated carbocycles. The molecule has 0 bridgehead atoms. The highest BCUT2D eigenvalue weighted by atomic mass is 19.1. The Hall–Kier alpha value is -1.69. The van der Waals surface area contributed by atoms with Gasteiger partial charge in [-0.1, -0.05) is 13.8 Å². The van der Waals surface area contributed by atoms with Crippen LogP contribution in [0.2, 0.25) is 0 Å². The monoisotopic (exact) mass is 241 g/mol. The lowest BCUT2D eigenvalue weighted by atomic mass is 10.1. The third-order valence-electron chi connectivity index (χ3n) is 2.54. The predicted octanol–water partition coefficient (Wildman–Crippen LogP) is 2.13. The van der Waals surface area contributed by atoms with Crippen LogP contribution in [0.4, 0.5) is 15.8 Å². The Bertz CT molecular complexity index is 410. The highest BCUT2D eigenvalue weighted by molar-refractivity contribution is 5.61. The van der Waals surface area contributed by atoms with Crippen LogP contribution in [0.25, 0.3) is 0 Å².